The van der Waals surface area contributed by atoms with Crippen molar-refractivity contribution in [1.29, 1.82) is 0 Å². The highest BCUT2D eigenvalue weighted by Crippen LogP contribution is 2.35. The molecule has 4 rings (SSSR count). The van der Waals surface area contributed by atoms with Gasteiger partial charge in [-0.25, -0.2) is 4.98 Å². The van der Waals surface area contributed by atoms with Gasteiger partial charge in [0, 0.05) is 22.0 Å². The number of anilines is 4. The first-order valence-electron chi connectivity index (χ1n) is 9.87. The Bertz CT molecular complexity index is 1040. The van der Waals surface area contributed by atoms with E-state index in [1.807, 2.05) is 12.1 Å². The summed E-state index contributed by atoms with van der Waals surface area (Å²) in [6, 6.07) is 14.0. The van der Waals surface area contributed by atoms with E-state index in [2.05, 4.69) is 36.5 Å². The van der Waals surface area contributed by atoms with Crippen LogP contribution in [0.25, 0.3) is 0 Å². The Morgan fingerprint density at radius 1 is 0.968 bits per heavy atom. The van der Waals surface area contributed by atoms with Gasteiger partial charge in [-0.05, 0) is 68.1 Å². The molecule has 0 atom stereocenters. The fraction of sp³-hybridized carbons (Fsp3) is 0.273. The minimum absolute atomic E-state index is 0.0509. The molecule has 0 bridgehead atoms. The van der Waals surface area contributed by atoms with E-state index in [0.717, 1.165) is 29.3 Å². The van der Waals surface area contributed by atoms with E-state index >= 15 is 0 Å². The van der Waals surface area contributed by atoms with Gasteiger partial charge >= 0.3 is 6.18 Å². The molecule has 0 spiro atoms. The zero-order chi connectivity index (χ0) is 21.8. The summed E-state index contributed by atoms with van der Waals surface area (Å²) < 4.78 is 47.0. The second-order valence-electron chi connectivity index (χ2n) is 7.26. The monoisotopic (exact) mass is 492 g/mol. The SMILES string of the molecule is FC(F)(F)c1cnc(Nc2ccc(OC3CCCC3)cc2)nc1Nc1cccc(Br)c1. The number of alkyl halides is 3. The van der Waals surface area contributed by atoms with Gasteiger partial charge in [-0.2, -0.15) is 18.2 Å². The maximum atomic E-state index is 13.4. The van der Waals surface area contributed by atoms with Gasteiger partial charge in [0.05, 0.1) is 6.10 Å². The van der Waals surface area contributed by atoms with Gasteiger partial charge in [0.25, 0.3) is 0 Å². The summed E-state index contributed by atoms with van der Waals surface area (Å²) in [5, 5.41) is 5.68. The molecule has 162 valence electrons. The summed E-state index contributed by atoms with van der Waals surface area (Å²) in [5.41, 5.74) is 0.170. The van der Waals surface area contributed by atoms with Crippen molar-refractivity contribution in [2.75, 3.05) is 10.6 Å². The number of halogens is 4. The van der Waals surface area contributed by atoms with Crippen LogP contribution in [0.5, 0.6) is 5.75 Å². The van der Waals surface area contributed by atoms with Crippen LogP contribution in [0.2, 0.25) is 0 Å². The summed E-state index contributed by atoms with van der Waals surface area (Å²) in [6.45, 7) is 0. The van der Waals surface area contributed by atoms with E-state index in [9.17, 15) is 13.2 Å². The molecule has 1 fully saturated rings. The number of ether oxygens (including phenoxy) is 1. The van der Waals surface area contributed by atoms with Crippen LogP contribution in [-0.2, 0) is 6.18 Å². The molecular weight excluding hydrogens is 473 g/mol. The van der Waals surface area contributed by atoms with Gasteiger partial charge in [-0.1, -0.05) is 22.0 Å². The molecular formula is C22H20BrF3N4O. The second-order valence-corrected chi connectivity index (χ2v) is 8.18. The highest BCUT2D eigenvalue weighted by molar-refractivity contribution is 9.10. The summed E-state index contributed by atoms with van der Waals surface area (Å²) in [5.74, 6) is 0.488. The van der Waals surface area contributed by atoms with E-state index in [0.29, 0.717) is 11.4 Å². The van der Waals surface area contributed by atoms with Crippen molar-refractivity contribution in [3.63, 3.8) is 0 Å². The summed E-state index contributed by atoms with van der Waals surface area (Å²) in [4.78, 5) is 7.91. The lowest BCUT2D eigenvalue weighted by atomic mass is 10.2. The maximum absolute atomic E-state index is 13.4. The van der Waals surface area contributed by atoms with E-state index < -0.39 is 11.7 Å². The third-order valence-corrected chi connectivity index (χ3v) is 5.39. The van der Waals surface area contributed by atoms with Crippen LogP contribution in [0.15, 0.2) is 59.2 Å². The first-order valence-corrected chi connectivity index (χ1v) is 10.7. The summed E-state index contributed by atoms with van der Waals surface area (Å²) in [6.07, 6.45) is 0.931. The summed E-state index contributed by atoms with van der Waals surface area (Å²) >= 11 is 3.31. The molecule has 0 radical (unpaired) electrons. The Balaban J connectivity index is 1.52. The molecule has 9 heteroatoms. The molecule has 1 aromatic heterocycles. The topological polar surface area (TPSA) is 59.1 Å². The second kappa shape index (κ2) is 9.13. The third kappa shape index (κ3) is 5.66. The number of benzene rings is 2. The van der Waals surface area contributed by atoms with Crippen LogP contribution >= 0.6 is 15.9 Å². The minimum atomic E-state index is -4.59. The van der Waals surface area contributed by atoms with Crippen LogP contribution in [0.1, 0.15) is 31.2 Å². The molecule has 2 aromatic carbocycles. The third-order valence-electron chi connectivity index (χ3n) is 4.90. The molecule has 0 saturated heterocycles. The molecule has 31 heavy (non-hydrogen) atoms. The zero-order valence-corrected chi connectivity index (χ0v) is 18.0. The summed E-state index contributed by atoms with van der Waals surface area (Å²) in [7, 11) is 0. The van der Waals surface area contributed by atoms with E-state index in [-0.39, 0.29) is 17.9 Å². The Kier molecular flexibility index (Phi) is 6.31. The zero-order valence-electron chi connectivity index (χ0n) is 16.4. The van der Waals surface area contributed by atoms with Gasteiger partial charge in [0.15, 0.2) is 0 Å². The highest BCUT2D eigenvalue weighted by Gasteiger charge is 2.35. The van der Waals surface area contributed by atoms with Crippen LogP contribution < -0.4 is 15.4 Å². The van der Waals surface area contributed by atoms with Crippen molar-refractivity contribution in [2.45, 2.75) is 38.0 Å². The van der Waals surface area contributed by atoms with Crippen molar-refractivity contribution in [1.82, 2.24) is 9.97 Å². The molecule has 5 nitrogen and oxygen atoms in total. The van der Waals surface area contributed by atoms with Gasteiger partial charge in [-0.15, -0.1) is 0 Å². The van der Waals surface area contributed by atoms with E-state index in [4.69, 9.17) is 4.74 Å². The van der Waals surface area contributed by atoms with E-state index in [1.165, 1.54) is 12.8 Å². The average Bonchev–Trinajstić information content (AvgIpc) is 3.22. The van der Waals surface area contributed by atoms with Gasteiger partial charge in [0.2, 0.25) is 5.95 Å². The molecule has 1 saturated carbocycles. The number of rotatable bonds is 6. The van der Waals surface area contributed by atoms with Crippen molar-refractivity contribution in [3.8, 4) is 5.75 Å². The number of nitrogens with zero attached hydrogens (tertiary/aromatic N) is 2. The lowest BCUT2D eigenvalue weighted by Crippen LogP contribution is -2.12. The van der Waals surface area contributed by atoms with Crippen molar-refractivity contribution in [2.24, 2.45) is 0 Å². The highest BCUT2D eigenvalue weighted by atomic mass is 79.9. The van der Waals surface area contributed by atoms with E-state index in [1.54, 1.807) is 36.4 Å². The maximum Gasteiger partial charge on any atom is 0.421 e. The quantitative estimate of drug-likeness (QED) is 0.385. The first-order chi connectivity index (χ1) is 14.9. The Morgan fingerprint density at radius 3 is 2.39 bits per heavy atom. The lowest BCUT2D eigenvalue weighted by Gasteiger charge is -2.15. The number of hydrogen-bond donors (Lipinski definition) is 2. The van der Waals surface area contributed by atoms with Gasteiger partial charge in [-0.3, -0.25) is 0 Å². The predicted octanol–water partition coefficient (Wildman–Crippen LogP) is 7.07. The minimum Gasteiger partial charge on any atom is -0.490 e. The largest absolute Gasteiger partial charge is 0.490 e. The lowest BCUT2D eigenvalue weighted by molar-refractivity contribution is -0.137. The fourth-order valence-corrected chi connectivity index (χ4v) is 3.79. The molecule has 1 aliphatic rings. The molecule has 3 aromatic rings. The van der Waals surface area contributed by atoms with Crippen LogP contribution in [0, 0.1) is 0 Å². The van der Waals surface area contributed by atoms with Gasteiger partial charge in [0.1, 0.15) is 17.1 Å². The molecule has 0 amide bonds. The fourth-order valence-electron chi connectivity index (χ4n) is 3.39. The molecule has 0 unspecified atom stereocenters. The van der Waals surface area contributed by atoms with Crippen LogP contribution in [-0.4, -0.2) is 16.1 Å². The Morgan fingerprint density at radius 2 is 1.71 bits per heavy atom. The average molecular weight is 493 g/mol. The standard InChI is InChI=1S/C22H20BrF3N4O/c23-14-4-3-5-16(12-14)28-20-19(22(24,25)26)13-27-21(30-20)29-15-8-10-18(11-9-15)31-17-6-1-2-7-17/h3-5,8-13,17H,1-2,6-7H2,(H2,27,28,29,30). The van der Waals surface area contributed by atoms with Gasteiger partial charge < -0.3 is 15.4 Å². The smallest absolute Gasteiger partial charge is 0.421 e. The Hall–Kier alpha value is -2.81. The number of aromatic nitrogens is 2. The molecule has 2 N–H and O–H groups in total. The predicted molar refractivity (Wildman–Crippen MR) is 117 cm³/mol. The van der Waals surface area contributed by atoms with Crippen LogP contribution in [0.3, 0.4) is 0 Å². The number of nitrogens with one attached hydrogen (secondary N) is 2. The van der Waals surface area contributed by atoms with Crippen molar-refractivity contribution in [3.05, 3.63) is 64.8 Å². The van der Waals surface area contributed by atoms with Crippen molar-refractivity contribution < 1.29 is 17.9 Å². The number of hydrogen-bond acceptors (Lipinski definition) is 5. The Labute approximate surface area is 186 Å². The normalized spacial score (nSPS) is 14.5. The molecule has 1 heterocycles. The van der Waals surface area contributed by atoms with Crippen molar-refractivity contribution >= 4 is 39.1 Å². The molecule has 0 aliphatic heterocycles. The molecule has 1 aliphatic carbocycles. The first kappa shape index (κ1) is 21.4. The van der Waals surface area contributed by atoms with Crippen LogP contribution in [0.4, 0.5) is 36.3 Å².